The fourth-order valence-electron chi connectivity index (χ4n) is 3.11. The Kier molecular flexibility index (Phi) is 8.04. The van der Waals surface area contributed by atoms with Crippen LogP contribution in [0.3, 0.4) is 0 Å². The molecule has 1 fully saturated rings. The van der Waals surface area contributed by atoms with Gasteiger partial charge in [0.1, 0.15) is 5.75 Å². The molecule has 144 valence electrons. The second-order valence-electron chi connectivity index (χ2n) is 6.96. The van der Waals surface area contributed by atoms with E-state index in [1.54, 1.807) is 18.2 Å². The van der Waals surface area contributed by atoms with Gasteiger partial charge < -0.3 is 15.4 Å². The lowest BCUT2D eigenvalue weighted by Crippen LogP contribution is -2.44. The zero-order valence-corrected chi connectivity index (χ0v) is 16.7. The minimum absolute atomic E-state index is 0.0272. The number of hydrogen-bond acceptors (Lipinski definition) is 3. The predicted octanol–water partition coefficient (Wildman–Crippen LogP) is 3.96. The molecule has 2 rings (SSSR count). The first-order valence-electron chi connectivity index (χ1n) is 9.02. The van der Waals surface area contributed by atoms with Gasteiger partial charge in [-0.05, 0) is 51.3 Å². The van der Waals surface area contributed by atoms with Crippen molar-refractivity contribution in [2.75, 3.05) is 6.61 Å². The third-order valence-corrected chi connectivity index (χ3v) is 4.85. The minimum atomic E-state index is -0.0787. The van der Waals surface area contributed by atoms with Crippen LogP contribution < -0.4 is 15.4 Å². The number of rotatable bonds is 7. The fourth-order valence-corrected chi connectivity index (χ4v) is 3.57. The molecular formula is C19H26Cl2N2O3. The molecule has 2 N–H and O–H groups in total. The van der Waals surface area contributed by atoms with Gasteiger partial charge >= 0.3 is 0 Å². The van der Waals surface area contributed by atoms with Gasteiger partial charge in [-0.3, -0.25) is 9.59 Å². The number of benzene rings is 1. The van der Waals surface area contributed by atoms with Crippen LogP contribution in [-0.4, -0.2) is 30.5 Å². The van der Waals surface area contributed by atoms with Crippen LogP contribution in [0.5, 0.6) is 5.75 Å². The molecule has 0 aliphatic heterocycles. The van der Waals surface area contributed by atoms with Crippen LogP contribution in [-0.2, 0) is 9.59 Å². The zero-order chi connectivity index (χ0) is 19.1. The maximum absolute atomic E-state index is 12.2. The van der Waals surface area contributed by atoms with Crippen molar-refractivity contribution in [1.82, 2.24) is 10.6 Å². The Labute approximate surface area is 164 Å². The van der Waals surface area contributed by atoms with Crippen molar-refractivity contribution in [2.45, 2.75) is 58.0 Å². The number of ether oxygens (including phenoxy) is 1. The van der Waals surface area contributed by atoms with Crippen molar-refractivity contribution in [3.63, 3.8) is 0 Å². The van der Waals surface area contributed by atoms with Crippen molar-refractivity contribution in [1.29, 1.82) is 0 Å². The first-order valence-corrected chi connectivity index (χ1v) is 9.78. The molecule has 0 heterocycles. The molecule has 1 aliphatic carbocycles. The molecule has 2 atom stereocenters. The number of hydrogen-bond donors (Lipinski definition) is 2. The molecule has 0 radical (unpaired) electrons. The second-order valence-corrected chi connectivity index (χ2v) is 7.81. The minimum Gasteiger partial charge on any atom is -0.491 e. The fraction of sp³-hybridized carbons (Fsp3) is 0.579. The summed E-state index contributed by atoms with van der Waals surface area (Å²) in [7, 11) is 0. The lowest BCUT2D eigenvalue weighted by molar-refractivity contribution is -0.128. The number of nitrogens with one attached hydrogen (secondary N) is 2. The maximum atomic E-state index is 12.2. The summed E-state index contributed by atoms with van der Waals surface area (Å²) in [4.78, 5) is 24.3. The van der Waals surface area contributed by atoms with Crippen LogP contribution in [0.15, 0.2) is 18.2 Å². The van der Waals surface area contributed by atoms with Gasteiger partial charge in [0.2, 0.25) is 11.8 Å². The maximum Gasteiger partial charge on any atom is 0.223 e. The van der Waals surface area contributed by atoms with E-state index < -0.39 is 0 Å². The summed E-state index contributed by atoms with van der Waals surface area (Å²) in [5, 5.41) is 6.92. The average molecular weight is 401 g/mol. The second kappa shape index (κ2) is 10.0. The topological polar surface area (TPSA) is 67.4 Å². The van der Waals surface area contributed by atoms with Gasteiger partial charge in [0.15, 0.2) is 0 Å². The summed E-state index contributed by atoms with van der Waals surface area (Å²) in [5.41, 5.74) is 0. The predicted molar refractivity (Wildman–Crippen MR) is 104 cm³/mol. The normalized spacial score (nSPS) is 19.9. The summed E-state index contributed by atoms with van der Waals surface area (Å²) >= 11 is 11.9. The van der Waals surface area contributed by atoms with E-state index in [0.29, 0.717) is 22.2 Å². The van der Waals surface area contributed by atoms with E-state index in [9.17, 15) is 9.59 Å². The van der Waals surface area contributed by atoms with Gasteiger partial charge in [0, 0.05) is 23.0 Å². The Hall–Kier alpha value is -1.46. The molecule has 1 aromatic rings. The third-order valence-electron chi connectivity index (χ3n) is 4.32. The molecule has 1 aromatic carbocycles. The molecular weight excluding hydrogens is 375 g/mol. The van der Waals surface area contributed by atoms with Crippen LogP contribution in [0.2, 0.25) is 10.0 Å². The van der Waals surface area contributed by atoms with Gasteiger partial charge in [-0.25, -0.2) is 0 Å². The number of amides is 2. The quantitative estimate of drug-likeness (QED) is 0.727. The first kappa shape index (κ1) is 20.8. The van der Waals surface area contributed by atoms with Gasteiger partial charge in [-0.15, -0.1) is 0 Å². The highest BCUT2D eigenvalue weighted by atomic mass is 35.5. The van der Waals surface area contributed by atoms with E-state index in [1.165, 1.54) is 0 Å². The number of carbonyl (C=O) groups excluding carboxylic acids is 2. The van der Waals surface area contributed by atoms with Crippen molar-refractivity contribution in [3.8, 4) is 5.75 Å². The largest absolute Gasteiger partial charge is 0.491 e. The molecule has 1 aliphatic rings. The van der Waals surface area contributed by atoms with Crippen LogP contribution >= 0.6 is 23.2 Å². The molecule has 0 aromatic heterocycles. The molecule has 0 spiro atoms. The summed E-state index contributed by atoms with van der Waals surface area (Å²) in [6, 6.07) is 5.14. The van der Waals surface area contributed by atoms with E-state index in [-0.39, 0.29) is 42.8 Å². The Balaban J connectivity index is 1.74. The molecule has 2 amide bonds. The van der Waals surface area contributed by atoms with Crippen LogP contribution in [0.25, 0.3) is 0 Å². The van der Waals surface area contributed by atoms with Gasteiger partial charge in [-0.2, -0.15) is 0 Å². The van der Waals surface area contributed by atoms with E-state index in [0.717, 1.165) is 19.3 Å². The lowest BCUT2D eigenvalue weighted by atomic mass is 9.85. The highest BCUT2D eigenvalue weighted by molar-refractivity contribution is 6.35. The summed E-state index contributed by atoms with van der Waals surface area (Å²) in [6.07, 6.45) is 3.65. The third kappa shape index (κ3) is 6.69. The Bertz CT molecular complexity index is 637. The van der Waals surface area contributed by atoms with Gasteiger partial charge in [-0.1, -0.05) is 29.6 Å². The van der Waals surface area contributed by atoms with Crippen LogP contribution in [0, 0.1) is 5.92 Å². The summed E-state index contributed by atoms with van der Waals surface area (Å²) in [5.74, 6) is 0.484. The number of carbonyl (C=O) groups is 2. The monoisotopic (exact) mass is 400 g/mol. The van der Waals surface area contributed by atoms with Gasteiger partial charge in [0.25, 0.3) is 0 Å². The molecule has 5 nitrogen and oxygen atoms in total. The molecule has 2 unspecified atom stereocenters. The van der Waals surface area contributed by atoms with E-state index in [4.69, 9.17) is 27.9 Å². The van der Waals surface area contributed by atoms with Crippen molar-refractivity contribution >= 4 is 35.0 Å². The zero-order valence-electron chi connectivity index (χ0n) is 15.2. The Morgan fingerprint density at radius 2 is 2.04 bits per heavy atom. The standard InChI is InChI=1S/C19H26Cl2N2O3/c1-12(2)22-19(25)13-4-3-5-15(10-13)23-18(24)8-9-26-17-7-6-14(20)11-16(17)21/h6-7,11-13,15H,3-5,8-10H2,1-2H3,(H,22,25)(H,23,24). The first-order chi connectivity index (χ1) is 12.3. The number of halogens is 2. The van der Waals surface area contributed by atoms with E-state index >= 15 is 0 Å². The molecule has 1 saturated carbocycles. The van der Waals surface area contributed by atoms with Crippen molar-refractivity contribution < 1.29 is 14.3 Å². The summed E-state index contributed by atoms with van der Waals surface area (Å²) < 4.78 is 5.54. The SMILES string of the molecule is CC(C)NC(=O)C1CCCC(NC(=O)CCOc2ccc(Cl)cc2Cl)C1. The van der Waals surface area contributed by atoms with E-state index in [1.807, 2.05) is 13.8 Å². The smallest absolute Gasteiger partial charge is 0.223 e. The molecule has 0 saturated heterocycles. The van der Waals surface area contributed by atoms with Crippen LogP contribution in [0.4, 0.5) is 0 Å². The summed E-state index contributed by atoms with van der Waals surface area (Å²) in [6.45, 7) is 4.14. The lowest BCUT2D eigenvalue weighted by Gasteiger charge is -2.29. The highest BCUT2D eigenvalue weighted by Crippen LogP contribution is 2.28. The Morgan fingerprint density at radius 1 is 1.27 bits per heavy atom. The molecule has 7 heteroatoms. The van der Waals surface area contributed by atoms with Crippen molar-refractivity contribution in [3.05, 3.63) is 28.2 Å². The van der Waals surface area contributed by atoms with Crippen LogP contribution in [0.1, 0.15) is 46.0 Å². The van der Waals surface area contributed by atoms with Gasteiger partial charge in [0.05, 0.1) is 18.1 Å². The Morgan fingerprint density at radius 3 is 2.73 bits per heavy atom. The molecule has 0 bridgehead atoms. The molecule has 26 heavy (non-hydrogen) atoms. The average Bonchev–Trinajstić information content (AvgIpc) is 2.56. The highest BCUT2D eigenvalue weighted by Gasteiger charge is 2.28. The van der Waals surface area contributed by atoms with E-state index in [2.05, 4.69) is 10.6 Å². The van der Waals surface area contributed by atoms with Crippen molar-refractivity contribution in [2.24, 2.45) is 5.92 Å².